The molecule has 28 heavy (non-hydrogen) atoms. The van der Waals surface area contributed by atoms with Crippen molar-refractivity contribution in [1.29, 1.82) is 0 Å². The quantitative estimate of drug-likeness (QED) is 0.592. The number of nitrogens with one attached hydrogen (secondary N) is 1. The van der Waals surface area contributed by atoms with Gasteiger partial charge >= 0.3 is 0 Å². The fourth-order valence-electron chi connectivity index (χ4n) is 3.81. The first-order valence-electron chi connectivity index (χ1n) is 10.1. The van der Waals surface area contributed by atoms with Crippen LogP contribution in [0.1, 0.15) is 36.5 Å². The molecule has 0 aliphatic carbocycles. The van der Waals surface area contributed by atoms with Crippen LogP contribution in [0.3, 0.4) is 0 Å². The van der Waals surface area contributed by atoms with Gasteiger partial charge in [0.15, 0.2) is 11.5 Å². The van der Waals surface area contributed by atoms with Gasteiger partial charge in [0, 0.05) is 29.2 Å². The topological polar surface area (TPSA) is 33.7 Å². The third-order valence-electron chi connectivity index (χ3n) is 5.48. The Morgan fingerprint density at radius 3 is 2.68 bits per heavy atom. The van der Waals surface area contributed by atoms with Crippen molar-refractivity contribution in [3.05, 3.63) is 57.6 Å². The molecule has 1 saturated heterocycles. The van der Waals surface area contributed by atoms with Crippen LogP contribution in [0, 0.1) is 6.92 Å². The van der Waals surface area contributed by atoms with E-state index in [4.69, 9.17) is 9.47 Å². The highest BCUT2D eigenvalue weighted by atomic mass is 79.9. The van der Waals surface area contributed by atoms with Gasteiger partial charge < -0.3 is 14.8 Å². The average molecular weight is 447 g/mol. The zero-order chi connectivity index (χ0) is 19.9. The number of hydrogen-bond donors (Lipinski definition) is 1. The zero-order valence-corrected chi connectivity index (χ0v) is 18.7. The molecule has 0 bridgehead atoms. The van der Waals surface area contributed by atoms with Crippen LogP contribution in [-0.2, 0) is 13.2 Å². The van der Waals surface area contributed by atoms with Crippen molar-refractivity contribution >= 4 is 15.9 Å². The predicted octanol–water partition coefficient (Wildman–Crippen LogP) is 4.92. The molecule has 2 aromatic rings. The Balaban J connectivity index is 1.69. The molecule has 1 unspecified atom stereocenters. The molecule has 1 atom stereocenters. The summed E-state index contributed by atoms with van der Waals surface area (Å²) >= 11 is 3.70. The maximum atomic E-state index is 6.23. The molecule has 1 aliphatic heterocycles. The fraction of sp³-hybridized carbons (Fsp3) is 0.478. The van der Waals surface area contributed by atoms with Gasteiger partial charge in [0.1, 0.15) is 6.61 Å². The summed E-state index contributed by atoms with van der Waals surface area (Å²) in [7, 11) is 1.69. The van der Waals surface area contributed by atoms with Crippen LogP contribution in [0.15, 0.2) is 40.9 Å². The molecule has 1 N–H and O–H groups in total. The second-order valence-electron chi connectivity index (χ2n) is 7.39. The number of rotatable bonds is 9. The second kappa shape index (κ2) is 10.3. The second-order valence-corrected chi connectivity index (χ2v) is 8.24. The van der Waals surface area contributed by atoms with E-state index in [1.54, 1.807) is 7.11 Å². The highest BCUT2D eigenvalue weighted by Crippen LogP contribution is 2.37. The number of aryl methyl sites for hydroxylation is 1. The Morgan fingerprint density at radius 1 is 1.18 bits per heavy atom. The number of benzene rings is 2. The van der Waals surface area contributed by atoms with E-state index >= 15 is 0 Å². The van der Waals surface area contributed by atoms with Crippen molar-refractivity contribution in [3.63, 3.8) is 0 Å². The molecule has 1 fully saturated rings. The molecule has 1 aliphatic rings. The molecular weight excluding hydrogens is 416 g/mol. The van der Waals surface area contributed by atoms with Crippen LogP contribution < -0.4 is 14.8 Å². The Bertz CT molecular complexity index is 764. The normalized spacial score (nSPS) is 17.1. The summed E-state index contributed by atoms with van der Waals surface area (Å²) in [6, 6.07) is 13.1. The van der Waals surface area contributed by atoms with E-state index in [-0.39, 0.29) is 0 Å². The Kier molecular flexibility index (Phi) is 7.77. The third kappa shape index (κ3) is 5.28. The van der Waals surface area contributed by atoms with Crippen LogP contribution in [0.2, 0.25) is 0 Å². The largest absolute Gasteiger partial charge is 0.493 e. The van der Waals surface area contributed by atoms with Crippen molar-refractivity contribution in [2.45, 2.75) is 45.9 Å². The molecule has 5 heteroatoms. The third-order valence-corrected chi connectivity index (χ3v) is 6.22. The lowest BCUT2D eigenvalue weighted by Crippen LogP contribution is -2.37. The number of likely N-dealkylation sites (tertiary alicyclic amines) is 1. The molecule has 2 aromatic carbocycles. The first-order valence-corrected chi connectivity index (χ1v) is 10.9. The van der Waals surface area contributed by atoms with Gasteiger partial charge in [-0.15, -0.1) is 0 Å². The number of halogens is 1. The standard InChI is InChI=1S/C23H31BrN2O2/c1-4-26-13-5-6-19(26)14-25-15-20-21(24)11-12-22(27-3)23(20)28-16-18-9-7-17(2)8-10-18/h7-12,19,25H,4-6,13-16H2,1-3H3. The number of nitrogens with zero attached hydrogens (tertiary/aromatic N) is 1. The van der Waals surface area contributed by atoms with Crippen molar-refractivity contribution in [2.24, 2.45) is 0 Å². The van der Waals surface area contributed by atoms with E-state index in [0.717, 1.165) is 46.7 Å². The molecule has 0 spiro atoms. The molecule has 0 saturated carbocycles. The van der Waals surface area contributed by atoms with Gasteiger partial charge in [0.2, 0.25) is 0 Å². The first-order chi connectivity index (χ1) is 13.6. The summed E-state index contributed by atoms with van der Waals surface area (Å²) < 4.78 is 12.8. The molecule has 152 valence electrons. The van der Waals surface area contributed by atoms with Crippen LogP contribution >= 0.6 is 15.9 Å². The molecule has 0 radical (unpaired) electrons. The van der Waals surface area contributed by atoms with Crippen LogP contribution in [-0.4, -0.2) is 37.7 Å². The van der Waals surface area contributed by atoms with E-state index in [1.807, 2.05) is 12.1 Å². The lowest BCUT2D eigenvalue weighted by molar-refractivity contribution is 0.258. The maximum absolute atomic E-state index is 6.23. The number of ether oxygens (including phenoxy) is 2. The van der Waals surface area contributed by atoms with Crippen LogP contribution in [0.4, 0.5) is 0 Å². The zero-order valence-electron chi connectivity index (χ0n) is 17.1. The van der Waals surface area contributed by atoms with E-state index in [0.29, 0.717) is 12.6 Å². The van der Waals surface area contributed by atoms with Gasteiger partial charge in [-0.1, -0.05) is 52.7 Å². The molecule has 4 nitrogen and oxygen atoms in total. The molecule has 3 rings (SSSR count). The molecule has 0 amide bonds. The minimum absolute atomic E-state index is 0.520. The summed E-state index contributed by atoms with van der Waals surface area (Å²) in [6.07, 6.45) is 2.57. The predicted molar refractivity (Wildman–Crippen MR) is 118 cm³/mol. The van der Waals surface area contributed by atoms with Crippen LogP contribution in [0.25, 0.3) is 0 Å². The van der Waals surface area contributed by atoms with Gasteiger partial charge in [-0.05, 0) is 50.6 Å². The highest BCUT2D eigenvalue weighted by molar-refractivity contribution is 9.10. The summed E-state index contributed by atoms with van der Waals surface area (Å²) in [5.41, 5.74) is 3.50. The Hall–Kier alpha value is -1.56. The average Bonchev–Trinajstić information content (AvgIpc) is 3.16. The van der Waals surface area contributed by atoms with E-state index in [1.165, 1.54) is 24.9 Å². The number of hydrogen-bond acceptors (Lipinski definition) is 4. The van der Waals surface area contributed by atoms with E-state index in [9.17, 15) is 0 Å². The molecular formula is C23H31BrN2O2. The molecule has 1 heterocycles. The maximum Gasteiger partial charge on any atom is 0.167 e. The fourth-order valence-corrected chi connectivity index (χ4v) is 4.26. The van der Waals surface area contributed by atoms with Gasteiger partial charge in [0.25, 0.3) is 0 Å². The van der Waals surface area contributed by atoms with Gasteiger partial charge in [-0.3, -0.25) is 4.90 Å². The summed E-state index contributed by atoms with van der Waals surface area (Å²) in [4.78, 5) is 2.56. The Morgan fingerprint density at radius 2 is 1.96 bits per heavy atom. The van der Waals surface area contributed by atoms with E-state index in [2.05, 4.69) is 64.3 Å². The first kappa shape index (κ1) is 21.2. The van der Waals surface area contributed by atoms with Gasteiger partial charge in [0.05, 0.1) is 7.11 Å². The number of methoxy groups -OCH3 is 1. The van der Waals surface area contributed by atoms with Crippen LogP contribution in [0.5, 0.6) is 11.5 Å². The highest BCUT2D eigenvalue weighted by Gasteiger charge is 2.23. The van der Waals surface area contributed by atoms with Crippen molar-refractivity contribution in [1.82, 2.24) is 10.2 Å². The lowest BCUT2D eigenvalue weighted by atomic mass is 10.1. The minimum Gasteiger partial charge on any atom is -0.493 e. The molecule has 0 aromatic heterocycles. The smallest absolute Gasteiger partial charge is 0.167 e. The summed E-state index contributed by atoms with van der Waals surface area (Å²) in [5, 5.41) is 3.64. The van der Waals surface area contributed by atoms with Crippen molar-refractivity contribution < 1.29 is 9.47 Å². The number of likely N-dealkylation sites (N-methyl/N-ethyl adjacent to an activating group) is 1. The van der Waals surface area contributed by atoms with Gasteiger partial charge in [-0.2, -0.15) is 0 Å². The van der Waals surface area contributed by atoms with E-state index < -0.39 is 0 Å². The monoisotopic (exact) mass is 446 g/mol. The van der Waals surface area contributed by atoms with Crippen molar-refractivity contribution in [2.75, 3.05) is 26.7 Å². The summed E-state index contributed by atoms with van der Waals surface area (Å²) in [6.45, 7) is 8.94. The SMILES string of the molecule is CCN1CCCC1CNCc1c(Br)ccc(OC)c1OCc1ccc(C)cc1. The Labute approximate surface area is 177 Å². The van der Waals surface area contributed by atoms with Gasteiger partial charge in [-0.25, -0.2) is 0 Å². The van der Waals surface area contributed by atoms with Crippen molar-refractivity contribution in [3.8, 4) is 11.5 Å². The lowest BCUT2D eigenvalue weighted by Gasteiger charge is -2.23. The minimum atomic E-state index is 0.520. The summed E-state index contributed by atoms with van der Waals surface area (Å²) in [5.74, 6) is 1.58.